The fourth-order valence-electron chi connectivity index (χ4n) is 3.71. The second-order valence-electron chi connectivity index (χ2n) is 6.97. The maximum absolute atomic E-state index is 13.2. The van der Waals surface area contributed by atoms with Crippen LogP contribution in [0.2, 0.25) is 0 Å². The highest BCUT2D eigenvalue weighted by molar-refractivity contribution is 6.01. The Labute approximate surface area is 163 Å². The van der Waals surface area contributed by atoms with Gasteiger partial charge < -0.3 is 15.0 Å². The van der Waals surface area contributed by atoms with Gasteiger partial charge in [-0.15, -0.1) is 0 Å². The molecule has 0 unspecified atom stereocenters. The van der Waals surface area contributed by atoms with Crippen molar-refractivity contribution in [3.05, 3.63) is 66.0 Å². The number of pyridine rings is 1. The molecule has 0 saturated carbocycles. The number of nitrogens with zero attached hydrogens (tertiary/aromatic N) is 2. The zero-order chi connectivity index (χ0) is 19.7. The third-order valence-corrected chi connectivity index (χ3v) is 5.15. The largest absolute Gasteiger partial charge is 0.497 e. The summed E-state index contributed by atoms with van der Waals surface area (Å²) in [5, 5.41) is 4.94. The number of aromatic nitrogens is 1. The molecular formula is C22H21N3O3. The van der Waals surface area contributed by atoms with Crippen LogP contribution in [0.25, 0.3) is 10.8 Å². The van der Waals surface area contributed by atoms with Gasteiger partial charge in [0.1, 0.15) is 5.75 Å². The van der Waals surface area contributed by atoms with Crippen LogP contribution in [0.15, 0.2) is 54.9 Å². The molecule has 0 fully saturated rings. The number of hydrogen-bond acceptors (Lipinski definition) is 4. The molecule has 6 nitrogen and oxygen atoms in total. The van der Waals surface area contributed by atoms with Crippen LogP contribution < -0.4 is 10.1 Å². The van der Waals surface area contributed by atoms with Crippen LogP contribution in [0.5, 0.6) is 5.75 Å². The number of rotatable bonds is 4. The normalized spacial score (nSPS) is 15.6. The fraction of sp³-hybridized carbons (Fsp3) is 0.227. The second kappa shape index (κ2) is 7.31. The summed E-state index contributed by atoms with van der Waals surface area (Å²) in [4.78, 5) is 31.2. The van der Waals surface area contributed by atoms with Gasteiger partial charge >= 0.3 is 0 Å². The van der Waals surface area contributed by atoms with Crippen molar-refractivity contribution in [3.8, 4) is 5.75 Å². The van der Waals surface area contributed by atoms with Crippen LogP contribution in [0, 0.1) is 0 Å². The van der Waals surface area contributed by atoms with E-state index in [4.69, 9.17) is 4.74 Å². The summed E-state index contributed by atoms with van der Waals surface area (Å²) in [7, 11) is 3.36. The van der Waals surface area contributed by atoms with Crippen LogP contribution in [0.4, 0.5) is 5.69 Å². The quantitative estimate of drug-likeness (QED) is 0.759. The van der Waals surface area contributed by atoms with Crippen molar-refractivity contribution in [2.24, 2.45) is 0 Å². The fourth-order valence-corrected chi connectivity index (χ4v) is 3.71. The van der Waals surface area contributed by atoms with Gasteiger partial charge in [0.25, 0.3) is 0 Å². The van der Waals surface area contributed by atoms with Crippen molar-refractivity contribution in [2.45, 2.75) is 18.9 Å². The van der Waals surface area contributed by atoms with Crippen molar-refractivity contribution in [1.82, 2.24) is 9.88 Å². The number of carbonyl (C=O) groups excluding carboxylic acids is 2. The molecule has 0 radical (unpaired) electrons. The number of methoxy groups -OCH3 is 1. The topological polar surface area (TPSA) is 71.5 Å². The molecule has 0 bridgehead atoms. The first-order chi connectivity index (χ1) is 13.6. The number of nitrogens with one attached hydrogen (secondary N) is 1. The summed E-state index contributed by atoms with van der Waals surface area (Å²) >= 11 is 0. The SMILES string of the molecule is COc1ccc2c(c1)[C@@H](C(=O)N(C)Cc1cccc3cnccc13)CC(=O)N2. The Morgan fingerprint density at radius 1 is 1.29 bits per heavy atom. The Balaban J connectivity index is 1.63. The zero-order valence-corrected chi connectivity index (χ0v) is 15.8. The minimum Gasteiger partial charge on any atom is -0.497 e. The third-order valence-electron chi connectivity index (χ3n) is 5.15. The summed E-state index contributed by atoms with van der Waals surface area (Å²) in [6.45, 7) is 0.456. The molecule has 1 aliphatic heterocycles. The molecule has 0 spiro atoms. The Morgan fingerprint density at radius 3 is 2.96 bits per heavy atom. The number of anilines is 1. The molecule has 6 heteroatoms. The molecule has 1 aromatic heterocycles. The molecule has 2 amide bonds. The number of fused-ring (bicyclic) bond motifs is 2. The molecule has 1 N–H and O–H groups in total. The van der Waals surface area contributed by atoms with Gasteiger partial charge in [0.15, 0.2) is 0 Å². The molecule has 0 saturated heterocycles. The highest BCUT2D eigenvalue weighted by Gasteiger charge is 2.33. The maximum Gasteiger partial charge on any atom is 0.230 e. The maximum atomic E-state index is 13.2. The van der Waals surface area contributed by atoms with E-state index in [1.165, 1.54) is 0 Å². The van der Waals surface area contributed by atoms with E-state index in [2.05, 4.69) is 10.3 Å². The van der Waals surface area contributed by atoms with E-state index in [1.807, 2.05) is 36.5 Å². The van der Waals surface area contributed by atoms with Gasteiger partial charge in [-0.25, -0.2) is 0 Å². The van der Waals surface area contributed by atoms with E-state index in [-0.39, 0.29) is 18.2 Å². The first-order valence-corrected chi connectivity index (χ1v) is 9.11. The lowest BCUT2D eigenvalue weighted by Crippen LogP contribution is -2.36. The molecule has 28 heavy (non-hydrogen) atoms. The van der Waals surface area contributed by atoms with E-state index >= 15 is 0 Å². The van der Waals surface area contributed by atoms with E-state index in [9.17, 15) is 9.59 Å². The predicted molar refractivity (Wildman–Crippen MR) is 107 cm³/mol. The summed E-state index contributed by atoms with van der Waals surface area (Å²) in [5.74, 6) is -0.103. The number of hydrogen-bond donors (Lipinski definition) is 1. The lowest BCUT2D eigenvalue weighted by Gasteiger charge is -2.29. The summed E-state index contributed by atoms with van der Waals surface area (Å²) in [6.07, 6.45) is 3.69. The van der Waals surface area contributed by atoms with E-state index < -0.39 is 5.92 Å². The van der Waals surface area contributed by atoms with Crippen LogP contribution in [0.1, 0.15) is 23.5 Å². The monoisotopic (exact) mass is 375 g/mol. The number of likely N-dealkylation sites (N-methyl/N-ethyl adjacent to an activating group) is 1. The molecule has 1 aliphatic rings. The van der Waals surface area contributed by atoms with Crippen LogP contribution >= 0.6 is 0 Å². The minimum atomic E-state index is -0.527. The molecule has 3 aromatic rings. The number of carbonyl (C=O) groups is 2. The second-order valence-corrected chi connectivity index (χ2v) is 6.97. The third kappa shape index (κ3) is 3.29. The van der Waals surface area contributed by atoms with Crippen molar-refractivity contribution in [3.63, 3.8) is 0 Å². The Morgan fingerprint density at radius 2 is 2.14 bits per heavy atom. The van der Waals surface area contributed by atoms with E-state index in [1.54, 1.807) is 37.4 Å². The van der Waals surface area contributed by atoms with Crippen LogP contribution in [0.3, 0.4) is 0 Å². The van der Waals surface area contributed by atoms with Gasteiger partial charge in [-0.2, -0.15) is 0 Å². The zero-order valence-electron chi connectivity index (χ0n) is 15.8. The highest BCUT2D eigenvalue weighted by atomic mass is 16.5. The Kier molecular flexibility index (Phi) is 4.69. The Bertz CT molecular complexity index is 1060. The van der Waals surface area contributed by atoms with Crippen molar-refractivity contribution >= 4 is 28.3 Å². The number of ether oxygens (including phenoxy) is 1. The molecule has 1 atom stereocenters. The van der Waals surface area contributed by atoms with Gasteiger partial charge in [-0.1, -0.05) is 18.2 Å². The van der Waals surface area contributed by atoms with Gasteiger partial charge in [-0.05, 0) is 40.8 Å². The van der Waals surface area contributed by atoms with Crippen molar-refractivity contribution < 1.29 is 14.3 Å². The standard InChI is InChI=1S/C22H21N3O3/c1-25(13-15-5-3-4-14-12-23-9-8-17(14)15)22(27)19-11-21(26)24-20-7-6-16(28-2)10-18(19)20/h3-10,12,19H,11,13H2,1-2H3,(H,24,26)/t19-/m0/s1. The van der Waals surface area contributed by atoms with Gasteiger partial charge in [0, 0.05) is 43.5 Å². The summed E-state index contributed by atoms with van der Waals surface area (Å²) < 4.78 is 5.30. The van der Waals surface area contributed by atoms with Crippen molar-refractivity contribution in [2.75, 3.05) is 19.5 Å². The number of benzene rings is 2. The van der Waals surface area contributed by atoms with Gasteiger partial charge in [0.2, 0.25) is 11.8 Å². The lowest BCUT2D eigenvalue weighted by atomic mass is 9.89. The summed E-state index contributed by atoms with van der Waals surface area (Å²) in [5.41, 5.74) is 2.50. The predicted octanol–water partition coefficient (Wildman–Crippen LogP) is 3.33. The molecule has 142 valence electrons. The first-order valence-electron chi connectivity index (χ1n) is 9.11. The first kappa shape index (κ1) is 18.0. The van der Waals surface area contributed by atoms with E-state index in [0.717, 1.165) is 21.9 Å². The molecule has 2 aromatic carbocycles. The van der Waals surface area contributed by atoms with Gasteiger partial charge in [0.05, 0.1) is 13.0 Å². The minimum absolute atomic E-state index is 0.0876. The van der Waals surface area contributed by atoms with Gasteiger partial charge in [-0.3, -0.25) is 14.6 Å². The van der Waals surface area contributed by atoms with Crippen LogP contribution in [-0.2, 0) is 16.1 Å². The van der Waals surface area contributed by atoms with E-state index in [0.29, 0.717) is 18.0 Å². The Hall–Kier alpha value is -3.41. The number of amides is 2. The van der Waals surface area contributed by atoms with Crippen LogP contribution in [-0.4, -0.2) is 35.9 Å². The molecule has 4 rings (SSSR count). The molecular weight excluding hydrogens is 354 g/mol. The lowest BCUT2D eigenvalue weighted by molar-refractivity contribution is -0.134. The highest BCUT2D eigenvalue weighted by Crippen LogP contribution is 2.36. The summed E-state index contributed by atoms with van der Waals surface area (Å²) in [6, 6.07) is 13.3. The molecule has 2 heterocycles. The van der Waals surface area contributed by atoms with Crippen molar-refractivity contribution in [1.29, 1.82) is 0 Å². The average Bonchev–Trinajstić information content (AvgIpc) is 2.72. The molecule has 0 aliphatic carbocycles. The average molecular weight is 375 g/mol. The smallest absolute Gasteiger partial charge is 0.230 e.